The van der Waals surface area contributed by atoms with E-state index in [1.165, 1.54) is 0 Å². The van der Waals surface area contributed by atoms with E-state index in [9.17, 15) is 0 Å². The van der Waals surface area contributed by atoms with Gasteiger partial charge in [-0.1, -0.05) is 15.9 Å². The van der Waals surface area contributed by atoms with Crippen LogP contribution < -0.4 is 0 Å². The summed E-state index contributed by atoms with van der Waals surface area (Å²) < 4.78 is 48.9. The van der Waals surface area contributed by atoms with Gasteiger partial charge < -0.3 is 42.6 Å². The second-order valence-electron chi connectivity index (χ2n) is 6.33. The minimum absolute atomic E-state index is 0.0141. The first-order valence-electron chi connectivity index (χ1n) is 8.03. The van der Waals surface area contributed by atoms with E-state index in [0.717, 1.165) is 0 Å². The van der Waals surface area contributed by atoms with Crippen molar-refractivity contribution in [2.24, 2.45) is 0 Å². The van der Waals surface area contributed by atoms with E-state index in [4.69, 9.17) is 42.6 Å². The lowest BCUT2D eigenvalue weighted by Gasteiger charge is -2.20. The third-order valence-corrected chi connectivity index (χ3v) is 3.58. The van der Waals surface area contributed by atoms with Crippen molar-refractivity contribution in [3.63, 3.8) is 0 Å². The summed E-state index contributed by atoms with van der Waals surface area (Å²) in [6.07, 6.45) is -1.53. The average Bonchev–Trinajstić information content (AvgIpc) is 3.05. The minimum Gasteiger partial charge on any atom is -0.350 e. The Labute approximate surface area is 156 Å². The van der Waals surface area contributed by atoms with Crippen molar-refractivity contribution in [1.82, 2.24) is 0 Å². The molecule has 0 spiro atoms. The van der Waals surface area contributed by atoms with Gasteiger partial charge in [-0.3, -0.25) is 0 Å². The third-order valence-electron chi connectivity index (χ3n) is 3.31. The number of rotatable bonds is 11. The molecule has 2 aliphatic rings. The summed E-state index contributed by atoms with van der Waals surface area (Å²) in [7, 11) is 0. The molecule has 0 amide bonds. The monoisotopic (exact) mass is 430 g/mol. The first-order valence-corrected chi connectivity index (χ1v) is 9.15. The molecule has 2 heterocycles. The van der Waals surface area contributed by atoms with Gasteiger partial charge in [-0.2, -0.15) is 0 Å². The van der Waals surface area contributed by atoms with Crippen molar-refractivity contribution in [1.29, 1.82) is 0 Å². The van der Waals surface area contributed by atoms with E-state index in [2.05, 4.69) is 15.9 Å². The van der Waals surface area contributed by atoms with Gasteiger partial charge in [0.05, 0.1) is 0 Å². The van der Waals surface area contributed by atoms with Crippen LogP contribution in [0.25, 0.3) is 0 Å². The predicted molar refractivity (Wildman–Crippen MR) is 87.4 cm³/mol. The Morgan fingerprint density at radius 3 is 1.96 bits per heavy atom. The zero-order valence-electron chi connectivity index (χ0n) is 15.0. The normalized spacial score (nSPS) is 29.2. The van der Waals surface area contributed by atoms with Crippen LogP contribution in [-0.4, -0.2) is 69.4 Å². The van der Waals surface area contributed by atoms with Gasteiger partial charge >= 0.3 is 0 Å². The van der Waals surface area contributed by atoms with Crippen LogP contribution in [0.15, 0.2) is 0 Å². The van der Waals surface area contributed by atoms with E-state index >= 15 is 0 Å². The molecule has 0 N–H and O–H groups in total. The summed E-state index contributed by atoms with van der Waals surface area (Å²) in [6.45, 7) is 8.19. The van der Waals surface area contributed by atoms with Gasteiger partial charge in [0.15, 0.2) is 37.2 Å². The standard InChI is InChI=1S/C15H27BrO9/c1-14(2)22-6-12(24-14)19-9-17-5-11(18-8-16)20-10-21-13-7-23-15(3,4)25-13/h11-13H,5-10H2,1-4H3/t11-,12-,13-/m0/s1. The molecule has 0 bridgehead atoms. The van der Waals surface area contributed by atoms with Crippen LogP contribution in [0.1, 0.15) is 27.7 Å². The molecule has 2 aliphatic heterocycles. The summed E-state index contributed by atoms with van der Waals surface area (Å²) >= 11 is 3.19. The lowest BCUT2D eigenvalue weighted by Crippen LogP contribution is -2.29. The molecule has 148 valence electrons. The topological polar surface area (TPSA) is 83.1 Å². The second-order valence-corrected chi connectivity index (χ2v) is 6.79. The van der Waals surface area contributed by atoms with Crippen molar-refractivity contribution in [3.05, 3.63) is 0 Å². The zero-order chi connectivity index (χ0) is 18.3. The fraction of sp³-hybridized carbons (Fsp3) is 1.00. The predicted octanol–water partition coefficient (Wildman–Crippen LogP) is 1.88. The van der Waals surface area contributed by atoms with Crippen LogP contribution in [0.5, 0.6) is 0 Å². The Bertz CT molecular complexity index is 393. The quantitative estimate of drug-likeness (QED) is 0.277. The highest BCUT2D eigenvalue weighted by atomic mass is 79.9. The highest BCUT2D eigenvalue weighted by Crippen LogP contribution is 2.23. The molecule has 10 heteroatoms. The van der Waals surface area contributed by atoms with Crippen molar-refractivity contribution < 1.29 is 42.6 Å². The minimum atomic E-state index is -0.641. The van der Waals surface area contributed by atoms with Crippen LogP contribution in [0, 0.1) is 0 Å². The van der Waals surface area contributed by atoms with Crippen LogP contribution in [0.4, 0.5) is 0 Å². The van der Waals surface area contributed by atoms with Gasteiger partial charge in [0.25, 0.3) is 0 Å². The van der Waals surface area contributed by atoms with Crippen LogP contribution in [-0.2, 0) is 42.6 Å². The lowest BCUT2D eigenvalue weighted by atomic mass is 10.4. The molecule has 2 fully saturated rings. The maximum Gasteiger partial charge on any atom is 0.187 e. The maximum atomic E-state index is 5.51. The molecule has 0 radical (unpaired) electrons. The number of alkyl halides is 1. The number of hydrogen-bond acceptors (Lipinski definition) is 9. The number of hydrogen-bond donors (Lipinski definition) is 0. The molecule has 25 heavy (non-hydrogen) atoms. The summed E-state index contributed by atoms with van der Waals surface area (Å²) in [6, 6.07) is 0. The highest BCUT2D eigenvalue weighted by Gasteiger charge is 2.34. The molecule has 0 aromatic carbocycles. The van der Waals surface area contributed by atoms with Gasteiger partial charge in [-0.15, -0.1) is 0 Å². The Morgan fingerprint density at radius 2 is 1.48 bits per heavy atom. The Hall–Kier alpha value is 0.120. The first-order chi connectivity index (χ1) is 11.8. The Balaban J connectivity index is 1.55. The highest BCUT2D eigenvalue weighted by molar-refractivity contribution is 9.09. The van der Waals surface area contributed by atoms with Crippen molar-refractivity contribution >= 4 is 15.9 Å². The molecule has 0 aromatic rings. The summed E-state index contributed by atoms with van der Waals surface area (Å²) in [5.41, 5.74) is 0.297. The van der Waals surface area contributed by atoms with Crippen molar-refractivity contribution in [2.75, 3.05) is 38.9 Å². The van der Waals surface area contributed by atoms with Gasteiger partial charge in [0.1, 0.15) is 32.1 Å². The van der Waals surface area contributed by atoms with Gasteiger partial charge in [-0.25, -0.2) is 0 Å². The zero-order valence-corrected chi connectivity index (χ0v) is 16.6. The fourth-order valence-electron chi connectivity index (χ4n) is 2.14. The van der Waals surface area contributed by atoms with Crippen LogP contribution in [0.2, 0.25) is 0 Å². The molecule has 0 unspecified atom stereocenters. The fourth-order valence-corrected chi connectivity index (χ4v) is 2.44. The van der Waals surface area contributed by atoms with Gasteiger partial charge in [0.2, 0.25) is 0 Å². The number of ether oxygens (including phenoxy) is 9. The molecule has 0 saturated carbocycles. The molecular formula is C15H27BrO9. The Kier molecular flexibility index (Phi) is 8.47. The van der Waals surface area contributed by atoms with Crippen LogP contribution >= 0.6 is 15.9 Å². The SMILES string of the molecule is CC1(C)OC[C@@H](OCOC[C@@H](OCBr)OCO[C@@H]2COC(C)(C)O2)O1. The summed E-state index contributed by atoms with van der Waals surface area (Å²) in [5, 5.41) is 0. The second kappa shape index (κ2) is 9.88. The van der Waals surface area contributed by atoms with E-state index in [0.29, 0.717) is 18.7 Å². The third kappa shape index (κ3) is 8.12. The molecule has 9 nitrogen and oxygen atoms in total. The molecule has 2 rings (SSSR count). The number of halogens is 1. The van der Waals surface area contributed by atoms with E-state index in [-0.39, 0.29) is 20.2 Å². The van der Waals surface area contributed by atoms with Crippen molar-refractivity contribution in [3.8, 4) is 0 Å². The molecule has 2 saturated heterocycles. The van der Waals surface area contributed by atoms with Gasteiger partial charge in [-0.05, 0) is 27.7 Å². The van der Waals surface area contributed by atoms with Crippen LogP contribution in [0.3, 0.4) is 0 Å². The smallest absolute Gasteiger partial charge is 0.187 e. The maximum absolute atomic E-state index is 5.51. The van der Waals surface area contributed by atoms with E-state index < -0.39 is 30.4 Å². The molecule has 3 atom stereocenters. The average molecular weight is 431 g/mol. The largest absolute Gasteiger partial charge is 0.350 e. The van der Waals surface area contributed by atoms with E-state index in [1.54, 1.807) is 0 Å². The van der Waals surface area contributed by atoms with Gasteiger partial charge in [0, 0.05) is 0 Å². The molecule has 0 aromatic heterocycles. The lowest BCUT2D eigenvalue weighted by molar-refractivity contribution is -0.267. The Morgan fingerprint density at radius 1 is 0.920 bits per heavy atom. The summed E-state index contributed by atoms with van der Waals surface area (Å²) in [5.74, 6) is -1.27. The summed E-state index contributed by atoms with van der Waals surface area (Å²) in [4.78, 5) is 0. The molecular weight excluding hydrogens is 404 g/mol. The first kappa shape index (κ1) is 21.4. The van der Waals surface area contributed by atoms with Crippen molar-refractivity contribution in [2.45, 2.75) is 58.1 Å². The molecule has 0 aliphatic carbocycles. The van der Waals surface area contributed by atoms with E-state index in [1.807, 2.05) is 27.7 Å².